The molecule has 2 unspecified atom stereocenters. The number of aliphatic hydroxyl groups excluding tert-OH is 2. The van der Waals surface area contributed by atoms with Crippen LogP contribution in [0, 0.1) is 0 Å². The molecule has 0 aromatic carbocycles. The largest absolute Gasteiger partial charge is 0.390 e. The van der Waals surface area contributed by atoms with Crippen LogP contribution < -0.4 is 0 Å². The third kappa shape index (κ3) is 3.74. The van der Waals surface area contributed by atoms with Gasteiger partial charge in [0.15, 0.2) is 5.82 Å². The minimum atomic E-state index is -1.18. The molecular formula is C8H10BrN5O2. The summed E-state index contributed by atoms with van der Waals surface area (Å²) in [4.78, 5) is 10.3. The molecule has 0 aliphatic rings. The van der Waals surface area contributed by atoms with Gasteiger partial charge in [-0.05, 0) is 27.9 Å². The van der Waals surface area contributed by atoms with Crippen molar-refractivity contribution in [2.75, 3.05) is 6.54 Å². The van der Waals surface area contributed by atoms with Crippen molar-refractivity contribution < 1.29 is 10.2 Å². The van der Waals surface area contributed by atoms with Crippen LogP contribution >= 0.6 is 15.9 Å². The SMILES string of the molecule is [N-]=[N+]=NCCC(O)C(O)c1ncc(Br)cn1. The molecule has 86 valence electrons. The number of rotatable bonds is 5. The van der Waals surface area contributed by atoms with Gasteiger partial charge in [-0.2, -0.15) is 0 Å². The van der Waals surface area contributed by atoms with E-state index in [1.54, 1.807) is 0 Å². The van der Waals surface area contributed by atoms with Crippen molar-refractivity contribution in [1.29, 1.82) is 0 Å². The third-order valence-electron chi connectivity index (χ3n) is 1.86. The Morgan fingerprint density at radius 3 is 2.62 bits per heavy atom. The molecular weight excluding hydrogens is 278 g/mol. The van der Waals surface area contributed by atoms with Crippen molar-refractivity contribution in [3.63, 3.8) is 0 Å². The summed E-state index contributed by atoms with van der Waals surface area (Å²) in [7, 11) is 0. The Morgan fingerprint density at radius 1 is 1.44 bits per heavy atom. The molecule has 8 heteroatoms. The zero-order chi connectivity index (χ0) is 12.0. The highest BCUT2D eigenvalue weighted by atomic mass is 79.9. The lowest BCUT2D eigenvalue weighted by molar-refractivity contribution is 0.00972. The third-order valence-corrected chi connectivity index (χ3v) is 2.27. The van der Waals surface area contributed by atoms with E-state index in [4.69, 9.17) is 5.53 Å². The predicted molar refractivity (Wildman–Crippen MR) is 59.3 cm³/mol. The Hall–Kier alpha value is -1.21. The summed E-state index contributed by atoms with van der Waals surface area (Å²) in [5, 5.41) is 22.5. The fraction of sp³-hybridized carbons (Fsp3) is 0.500. The summed E-state index contributed by atoms with van der Waals surface area (Å²) in [6, 6.07) is 0. The van der Waals surface area contributed by atoms with Gasteiger partial charge in [0.25, 0.3) is 0 Å². The summed E-state index contributed by atoms with van der Waals surface area (Å²) in [5.74, 6) is 0.136. The second-order valence-corrected chi connectivity index (χ2v) is 3.93. The highest BCUT2D eigenvalue weighted by Crippen LogP contribution is 2.16. The van der Waals surface area contributed by atoms with Crippen LogP contribution in [0.1, 0.15) is 18.3 Å². The molecule has 0 amide bonds. The Balaban J connectivity index is 2.58. The minimum Gasteiger partial charge on any atom is -0.390 e. The van der Waals surface area contributed by atoms with E-state index in [2.05, 4.69) is 35.9 Å². The van der Waals surface area contributed by atoms with E-state index in [0.29, 0.717) is 4.47 Å². The fourth-order valence-electron chi connectivity index (χ4n) is 1.04. The van der Waals surface area contributed by atoms with Crippen LogP contribution in [0.15, 0.2) is 22.0 Å². The summed E-state index contributed by atoms with van der Waals surface area (Å²) >= 11 is 3.16. The average molecular weight is 288 g/mol. The van der Waals surface area contributed by atoms with Gasteiger partial charge in [-0.3, -0.25) is 0 Å². The molecule has 1 aromatic heterocycles. The van der Waals surface area contributed by atoms with Gasteiger partial charge in [0.2, 0.25) is 0 Å². The van der Waals surface area contributed by atoms with E-state index in [-0.39, 0.29) is 18.8 Å². The molecule has 0 aliphatic heterocycles. The zero-order valence-electron chi connectivity index (χ0n) is 8.23. The Bertz CT molecular complexity index is 379. The molecule has 0 saturated heterocycles. The van der Waals surface area contributed by atoms with Crippen molar-refractivity contribution in [1.82, 2.24) is 9.97 Å². The summed E-state index contributed by atoms with van der Waals surface area (Å²) in [6.07, 6.45) is 0.885. The Morgan fingerprint density at radius 2 is 2.06 bits per heavy atom. The highest BCUT2D eigenvalue weighted by molar-refractivity contribution is 9.10. The molecule has 0 fully saturated rings. The number of azide groups is 1. The molecule has 0 radical (unpaired) electrons. The van der Waals surface area contributed by atoms with Gasteiger partial charge < -0.3 is 10.2 Å². The number of aliphatic hydroxyl groups is 2. The minimum absolute atomic E-state index is 0.116. The first kappa shape index (κ1) is 12.9. The molecule has 16 heavy (non-hydrogen) atoms. The van der Waals surface area contributed by atoms with Crippen LogP contribution in [0.4, 0.5) is 0 Å². The van der Waals surface area contributed by atoms with Crippen LogP contribution in [-0.2, 0) is 0 Å². The summed E-state index contributed by atoms with van der Waals surface area (Å²) in [5.41, 5.74) is 8.05. The molecule has 1 aromatic rings. The maximum absolute atomic E-state index is 9.65. The molecule has 2 atom stereocenters. The number of aromatic nitrogens is 2. The number of hydrogen-bond acceptors (Lipinski definition) is 5. The van der Waals surface area contributed by atoms with Crippen molar-refractivity contribution in [3.8, 4) is 0 Å². The van der Waals surface area contributed by atoms with Gasteiger partial charge in [-0.25, -0.2) is 9.97 Å². The molecule has 1 rings (SSSR count). The molecule has 0 aliphatic carbocycles. The summed E-state index contributed by atoms with van der Waals surface area (Å²) < 4.78 is 0.687. The lowest BCUT2D eigenvalue weighted by atomic mass is 10.1. The highest BCUT2D eigenvalue weighted by Gasteiger charge is 2.20. The van der Waals surface area contributed by atoms with Gasteiger partial charge >= 0.3 is 0 Å². The van der Waals surface area contributed by atoms with Gasteiger partial charge in [-0.15, -0.1) is 0 Å². The monoisotopic (exact) mass is 287 g/mol. The quantitative estimate of drug-likeness (QED) is 0.483. The normalized spacial score (nSPS) is 13.9. The van der Waals surface area contributed by atoms with Crippen LogP contribution in [0.25, 0.3) is 10.4 Å². The maximum atomic E-state index is 9.65. The molecule has 0 bridgehead atoms. The second-order valence-electron chi connectivity index (χ2n) is 3.01. The van der Waals surface area contributed by atoms with E-state index in [1.165, 1.54) is 12.4 Å². The van der Waals surface area contributed by atoms with Gasteiger partial charge in [0.1, 0.15) is 6.10 Å². The van der Waals surface area contributed by atoms with Crippen LogP contribution in [0.3, 0.4) is 0 Å². The molecule has 0 spiro atoms. The molecule has 7 nitrogen and oxygen atoms in total. The van der Waals surface area contributed by atoms with Crippen LogP contribution in [0.2, 0.25) is 0 Å². The van der Waals surface area contributed by atoms with E-state index >= 15 is 0 Å². The van der Waals surface area contributed by atoms with Crippen molar-refractivity contribution >= 4 is 15.9 Å². The summed E-state index contributed by atoms with van der Waals surface area (Å²) in [6.45, 7) is 0.116. The van der Waals surface area contributed by atoms with E-state index in [0.717, 1.165) is 0 Å². The van der Waals surface area contributed by atoms with Crippen molar-refractivity contribution in [3.05, 3.63) is 33.1 Å². The predicted octanol–water partition coefficient (Wildman–Crippen LogP) is 1.33. The molecule has 1 heterocycles. The van der Waals surface area contributed by atoms with E-state index in [1.807, 2.05) is 0 Å². The number of nitrogens with zero attached hydrogens (tertiary/aromatic N) is 5. The van der Waals surface area contributed by atoms with Gasteiger partial charge in [0, 0.05) is 23.9 Å². The first-order valence-corrected chi connectivity index (χ1v) is 5.29. The van der Waals surface area contributed by atoms with Crippen molar-refractivity contribution in [2.45, 2.75) is 18.6 Å². The topological polar surface area (TPSA) is 115 Å². The number of hydrogen-bond donors (Lipinski definition) is 2. The zero-order valence-corrected chi connectivity index (χ0v) is 9.82. The number of halogens is 1. The van der Waals surface area contributed by atoms with Crippen LogP contribution in [-0.4, -0.2) is 32.8 Å². The van der Waals surface area contributed by atoms with Crippen LogP contribution in [0.5, 0.6) is 0 Å². The smallest absolute Gasteiger partial charge is 0.159 e. The lowest BCUT2D eigenvalue weighted by Crippen LogP contribution is -2.21. The molecule has 0 saturated carbocycles. The maximum Gasteiger partial charge on any atom is 0.159 e. The standard InChI is InChI=1S/C8H10BrN5O2/c9-5-3-11-8(12-4-5)7(16)6(15)1-2-13-14-10/h3-4,6-7,15-16H,1-2H2. The van der Waals surface area contributed by atoms with Gasteiger partial charge in [0.05, 0.1) is 10.6 Å². The molecule has 2 N–H and O–H groups in total. The fourth-order valence-corrected chi connectivity index (χ4v) is 1.24. The Kier molecular flexibility index (Phi) is 5.13. The first-order chi connectivity index (χ1) is 7.65. The van der Waals surface area contributed by atoms with Crippen molar-refractivity contribution in [2.24, 2.45) is 5.11 Å². The van der Waals surface area contributed by atoms with E-state index in [9.17, 15) is 10.2 Å². The second kappa shape index (κ2) is 6.39. The lowest BCUT2D eigenvalue weighted by Gasteiger charge is -2.15. The Labute approximate surface area is 99.9 Å². The van der Waals surface area contributed by atoms with Gasteiger partial charge in [-0.1, -0.05) is 5.11 Å². The van der Waals surface area contributed by atoms with E-state index < -0.39 is 12.2 Å². The average Bonchev–Trinajstić information content (AvgIpc) is 2.29. The first-order valence-electron chi connectivity index (χ1n) is 4.49.